The van der Waals surface area contributed by atoms with E-state index in [0.717, 1.165) is 37.9 Å². The maximum Gasteiger partial charge on any atom is 0.231 e. The zero-order chi connectivity index (χ0) is 16.8. The molecule has 1 heterocycles. The highest BCUT2D eigenvalue weighted by molar-refractivity contribution is 5.84. The summed E-state index contributed by atoms with van der Waals surface area (Å²) in [4.78, 5) is 14.8. The second-order valence-corrected chi connectivity index (χ2v) is 6.66. The fourth-order valence-corrected chi connectivity index (χ4v) is 3.59. The van der Waals surface area contributed by atoms with Gasteiger partial charge in [0.05, 0.1) is 5.92 Å². The van der Waals surface area contributed by atoms with Gasteiger partial charge >= 0.3 is 0 Å². The van der Waals surface area contributed by atoms with Gasteiger partial charge in [0.15, 0.2) is 0 Å². The summed E-state index contributed by atoms with van der Waals surface area (Å²) in [6.45, 7) is 2.06. The molecule has 1 unspecified atom stereocenters. The summed E-state index contributed by atoms with van der Waals surface area (Å²) in [6, 6.07) is 20.5. The summed E-state index contributed by atoms with van der Waals surface area (Å²) in [7, 11) is 0. The normalized spacial score (nSPS) is 16.8. The van der Waals surface area contributed by atoms with Crippen LogP contribution in [0.25, 0.3) is 0 Å². The zero-order valence-electron chi connectivity index (χ0n) is 14.1. The van der Waals surface area contributed by atoms with Crippen LogP contribution in [0.3, 0.4) is 0 Å². The summed E-state index contributed by atoms with van der Waals surface area (Å²) < 4.78 is 0. The molecule has 1 aliphatic rings. The minimum absolute atomic E-state index is 0.182. The Labute approximate surface area is 144 Å². The van der Waals surface area contributed by atoms with Gasteiger partial charge in [-0.1, -0.05) is 60.7 Å². The van der Waals surface area contributed by atoms with E-state index in [1.54, 1.807) is 0 Å². The number of rotatable bonds is 5. The smallest absolute Gasteiger partial charge is 0.231 e. The number of nitrogens with zero attached hydrogens (tertiary/aromatic N) is 1. The number of likely N-dealkylation sites (tertiary alicyclic amines) is 1. The van der Waals surface area contributed by atoms with Gasteiger partial charge in [-0.25, -0.2) is 0 Å². The third-order valence-corrected chi connectivity index (χ3v) is 5.03. The number of benzene rings is 2. The Bertz CT molecular complexity index is 633. The first-order chi connectivity index (χ1) is 11.8. The Balaban J connectivity index is 1.56. The van der Waals surface area contributed by atoms with Gasteiger partial charge < -0.3 is 10.6 Å². The Morgan fingerprint density at radius 3 is 2.17 bits per heavy atom. The van der Waals surface area contributed by atoms with Crippen LogP contribution in [0.1, 0.15) is 29.9 Å². The topological polar surface area (TPSA) is 46.3 Å². The lowest BCUT2D eigenvalue weighted by Crippen LogP contribution is -2.43. The van der Waals surface area contributed by atoms with Gasteiger partial charge in [0.1, 0.15) is 0 Å². The van der Waals surface area contributed by atoms with E-state index in [4.69, 9.17) is 5.73 Å². The fourth-order valence-electron chi connectivity index (χ4n) is 3.59. The van der Waals surface area contributed by atoms with Crippen LogP contribution in [-0.4, -0.2) is 30.4 Å². The first-order valence-electron chi connectivity index (χ1n) is 8.85. The largest absolute Gasteiger partial charge is 0.342 e. The molecule has 0 aliphatic carbocycles. The Morgan fingerprint density at radius 1 is 1.00 bits per heavy atom. The molecule has 3 nitrogen and oxygen atoms in total. The van der Waals surface area contributed by atoms with Crippen LogP contribution >= 0.6 is 0 Å². The molecule has 2 aromatic carbocycles. The molecule has 24 heavy (non-hydrogen) atoms. The highest BCUT2D eigenvalue weighted by atomic mass is 16.2. The van der Waals surface area contributed by atoms with Crippen molar-refractivity contribution in [3.05, 3.63) is 71.8 Å². The van der Waals surface area contributed by atoms with Gasteiger partial charge in [-0.05, 0) is 36.3 Å². The van der Waals surface area contributed by atoms with Crippen molar-refractivity contribution >= 4 is 5.91 Å². The average Bonchev–Trinajstić information content (AvgIpc) is 2.65. The Hall–Kier alpha value is -2.13. The van der Waals surface area contributed by atoms with Crippen molar-refractivity contribution in [3.8, 4) is 0 Å². The van der Waals surface area contributed by atoms with Crippen LogP contribution in [-0.2, 0) is 11.2 Å². The number of carbonyl (C=O) groups is 1. The second kappa shape index (κ2) is 8.11. The quantitative estimate of drug-likeness (QED) is 0.919. The van der Waals surface area contributed by atoms with Gasteiger partial charge in [0.2, 0.25) is 5.91 Å². The van der Waals surface area contributed by atoms with Crippen LogP contribution in [0.4, 0.5) is 0 Å². The SMILES string of the molecule is NCC(C(=O)N1CCC(Cc2ccccc2)CC1)c1ccccc1. The van der Waals surface area contributed by atoms with E-state index < -0.39 is 0 Å². The highest BCUT2D eigenvalue weighted by Crippen LogP contribution is 2.25. The van der Waals surface area contributed by atoms with Crippen molar-refractivity contribution in [2.75, 3.05) is 19.6 Å². The summed E-state index contributed by atoms with van der Waals surface area (Å²) in [5.41, 5.74) is 8.31. The number of amides is 1. The lowest BCUT2D eigenvalue weighted by Gasteiger charge is -2.34. The minimum Gasteiger partial charge on any atom is -0.342 e. The molecule has 3 rings (SSSR count). The van der Waals surface area contributed by atoms with Crippen molar-refractivity contribution in [2.24, 2.45) is 11.7 Å². The van der Waals surface area contributed by atoms with Crippen LogP contribution in [0.15, 0.2) is 60.7 Å². The molecule has 1 saturated heterocycles. The van der Waals surface area contributed by atoms with Gasteiger partial charge in [-0.15, -0.1) is 0 Å². The van der Waals surface area contributed by atoms with E-state index >= 15 is 0 Å². The predicted octanol–water partition coefficient (Wildman–Crippen LogP) is 3.21. The van der Waals surface area contributed by atoms with Crippen molar-refractivity contribution in [1.82, 2.24) is 4.90 Å². The maximum atomic E-state index is 12.8. The number of carbonyl (C=O) groups excluding carboxylic acids is 1. The van der Waals surface area contributed by atoms with E-state index in [2.05, 4.69) is 30.3 Å². The standard InChI is InChI=1S/C21H26N2O/c22-16-20(19-9-5-2-6-10-19)21(24)23-13-11-18(12-14-23)15-17-7-3-1-4-8-17/h1-10,18,20H,11-16,22H2. The van der Waals surface area contributed by atoms with Crippen molar-refractivity contribution in [3.63, 3.8) is 0 Å². The number of piperidine rings is 1. The number of nitrogens with two attached hydrogens (primary N) is 1. The van der Waals surface area contributed by atoms with Crippen LogP contribution in [0.5, 0.6) is 0 Å². The van der Waals surface area contributed by atoms with E-state index in [-0.39, 0.29) is 11.8 Å². The minimum atomic E-state index is -0.211. The third kappa shape index (κ3) is 4.04. The van der Waals surface area contributed by atoms with Gasteiger partial charge in [-0.2, -0.15) is 0 Å². The van der Waals surface area contributed by atoms with E-state index in [1.807, 2.05) is 35.2 Å². The predicted molar refractivity (Wildman–Crippen MR) is 97.7 cm³/mol. The summed E-state index contributed by atoms with van der Waals surface area (Å²) in [5.74, 6) is 0.642. The monoisotopic (exact) mass is 322 g/mol. The fraction of sp³-hybridized carbons (Fsp3) is 0.381. The molecule has 2 aromatic rings. The molecule has 0 spiro atoms. The molecule has 1 atom stereocenters. The summed E-state index contributed by atoms with van der Waals surface area (Å²) >= 11 is 0. The summed E-state index contributed by atoms with van der Waals surface area (Å²) in [6.07, 6.45) is 3.27. The molecule has 0 bridgehead atoms. The van der Waals surface area contributed by atoms with Crippen molar-refractivity contribution < 1.29 is 4.79 Å². The van der Waals surface area contributed by atoms with Gasteiger partial charge in [-0.3, -0.25) is 4.79 Å². The van der Waals surface area contributed by atoms with E-state index in [1.165, 1.54) is 5.56 Å². The molecule has 1 fully saturated rings. The van der Waals surface area contributed by atoms with Crippen LogP contribution in [0.2, 0.25) is 0 Å². The van der Waals surface area contributed by atoms with Crippen LogP contribution in [0, 0.1) is 5.92 Å². The van der Waals surface area contributed by atoms with Gasteiger partial charge in [0, 0.05) is 19.6 Å². The third-order valence-electron chi connectivity index (χ3n) is 5.03. The van der Waals surface area contributed by atoms with Gasteiger partial charge in [0.25, 0.3) is 0 Å². The van der Waals surface area contributed by atoms with Crippen molar-refractivity contribution in [1.29, 1.82) is 0 Å². The molecule has 126 valence electrons. The lowest BCUT2D eigenvalue weighted by molar-refractivity contribution is -0.134. The average molecular weight is 322 g/mol. The Kier molecular flexibility index (Phi) is 5.65. The molecule has 1 aliphatic heterocycles. The molecule has 2 N–H and O–H groups in total. The molecule has 3 heteroatoms. The first-order valence-corrected chi connectivity index (χ1v) is 8.85. The molecule has 0 radical (unpaired) electrons. The number of hydrogen-bond donors (Lipinski definition) is 1. The molecular formula is C21H26N2O. The molecule has 0 saturated carbocycles. The van der Waals surface area contributed by atoms with Crippen molar-refractivity contribution in [2.45, 2.75) is 25.2 Å². The lowest BCUT2D eigenvalue weighted by atomic mass is 9.89. The molecular weight excluding hydrogens is 296 g/mol. The molecule has 1 amide bonds. The molecule has 0 aromatic heterocycles. The second-order valence-electron chi connectivity index (χ2n) is 6.66. The number of hydrogen-bond acceptors (Lipinski definition) is 2. The maximum absolute atomic E-state index is 12.8. The van der Waals surface area contributed by atoms with Crippen LogP contribution < -0.4 is 5.73 Å². The highest BCUT2D eigenvalue weighted by Gasteiger charge is 2.28. The van der Waals surface area contributed by atoms with E-state index in [9.17, 15) is 4.79 Å². The zero-order valence-corrected chi connectivity index (χ0v) is 14.1. The Morgan fingerprint density at radius 2 is 1.58 bits per heavy atom. The first kappa shape index (κ1) is 16.7. The summed E-state index contributed by atoms with van der Waals surface area (Å²) in [5, 5.41) is 0. The van der Waals surface area contributed by atoms with E-state index in [0.29, 0.717) is 12.5 Å².